The molecule has 1 fully saturated rings. The zero-order valence-electron chi connectivity index (χ0n) is 12.8. The molecule has 0 aromatic carbocycles. The number of nitrogens with zero attached hydrogens (tertiary/aromatic N) is 2. The largest absolute Gasteiger partial charge is 0.350 e. The average Bonchev–Trinajstić information content (AvgIpc) is 2.53. The normalized spacial score (nSPS) is 17.2. The molecule has 1 aromatic heterocycles. The molecule has 0 bridgehead atoms. The molecule has 2 heterocycles. The van der Waals surface area contributed by atoms with Crippen LogP contribution in [0.15, 0.2) is 30.6 Å². The predicted octanol–water partition coefficient (Wildman–Crippen LogP) is 2.48. The van der Waals surface area contributed by atoms with Gasteiger partial charge < -0.3 is 10.2 Å². The molecule has 0 unspecified atom stereocenters. The third-order valence-electron chi connectivity index (χ3n) is 3.90. The SMILES string of the molecule is CCCCN1CCC(NC(=O)/C=C\c2ccncc2)CC1. The summed E-state index contributed by atoms with van der Waals surface area (Å²) >= 11 is 0. The number of aromatic nitrogens is 1. The number of unbranched alkanes of at least 4 members (excludes halogenated alkanes) is 1. The third-order valence-corrected chi connectivity index (χ3v) is 3.90. The van der Waals surface area contributed by atoms with Crippen LogP contribution in [0.1, 0.15) is 38.2 Å². The van der Waals surface area contributed by atoms with Crippen molar-refractivity contribution in [3.8, 4) is 0 Å². The van der Waals surface area contributed by atoms with Gasteiger partial charge in [-0.2, -0.15) is 0 Å². The number of piperidine rings is 1. The van der Waals surface area contributed by atoms with Gasteiger partial charge in [-0.25, -0.2) is 0 Å². The van der Waals surface area contributed by atoms with Crippen molar-refractivity contribution in [1.82, 2.24) is 15.2 Å². The van der Waals surface area contributed by atoms with Crippen LogP contribution in [0.5, 0.6) is 0 Å². The number of carbonyl (C=O) groups is 1. The highest BCUT2D eigenvalue weighted by molar-refractivity contribution is 5.91. The Labute approximate surface area is 127 Å². The minimum atomic E-state index is -0.00109. The summed E-state index contributed by atoms with van der Waals surface area (Å²) in [6, 6.07) is 4.09. The first-order valence-corrected chi connectivity index (χ1v) is 7.89. The summed E-state index contributed by atoms with van der Waals surface area (Å²) in [5.74, 6) is -0.00109. The van der Waals surface area contributed by atoms with Crippen molar-refractivity contribution < 1.29 is 4.79 Å². The lowest BCUT2D eigenvalue weighted by Gasteiger charge is -2.32. The maximum Gasteiger partial charge on any atom is 0.244 e. The van der Waals surface area contributed by atoms with E-state index >= 15 is 0 Å². The minimum absolute atomic E-state index is 0.00109. The number of rotatable bonds is 6. The van der Waals surface area contributed by atoms with Crippen molar-refractivity contribution in [2.24, 2.45) is 0 Å². The summed E-state index contributed by atoms with van der Waals surface area (Å²) in [4.78, 5) is 18.4. The second kappa shape index (κ2) is 8.57. The fourth-order valence-electron chi connectivity index (χ4n) is 2.58. The van der Waals surface area contributed by atoms with E-state index in [0.29, 0.717) is 6.04 Å². The van der Waals surface area contributed by atoms with E-state index in [0.717, 1.165) is 31.5 Å². The zero-order chi connectivity index (χ0) is 14.9. The summed E-state index contributed by atoms with van der Waals surface area (Å²) in [5, 5.41) is 3.10. The monoisotopic (exact) mass is 287 g/mol. The van der Waals surface area contributed by atoms with Crippen LogP contribution < -0.4 is 5.32 Å². The lowest BCUT2D eigenvalue weighted by molar-refractivity contribution is -0.117. The summed E-state index contributed by atoms with van der Waals surface area (Å²) in [6.45, 7) is 5.61. The first-order valence-electron chi connectivity index (χ1n) is 7.89. The van der Waals surface area contributed by atoms with E-state index in [2.05, 4.69) is 22.1 Å². The van der Waals surface area contributed by atoms with Gasteiger partial charge in [0.05, 0.1) is 0 Å². The lowest BCUT2D eigenvalue weighted by Crippen LogP contribution is -2.44. The molecule has 114 valence electrons. The van der Waals surface area contributed by atoms with Crippen LogP contribution in [0, 0.1) is 0 Å². The molecule has 0 saturated carbocycles. The highest BCUT2D eigenvalue weighted by Crippen LogP contribution is 2.11. The topological polar surface area (TPSA) is 45.2 Å². The molecule has 21 heavy (non-hydrogen) atoms. The molecule has 1 N–H and O–H groups in total. The summed E-state index contributed by atoms with van der Waals surface area (Å²) in [7, 11) is 0. The zero-order valence-corrected chi connectivity index (χ0v) is 12.8. The molecule has 2 rings (SSSR count). The van der Waals surface area contributed by atoms with Gasteiger partial charge in [-0.1, -0.05) is 13.3 Å². The molecule has 1 saturated heterocycles. The van der Waals surface area contributed by atoms with E-state index in [4.69, 9.17) is 0 Å². The number of pyridine rings is 1. The fourth-order valence-corrected chi connectivity index (χ4v) is 2.58. The Kier molecular flexibility index (Phi) is 6.41. The number of carbonyl (C=O) groups excluding carboxylic acids is 1. The maximum atomic E-state index is 11.9. The van der Waals surface area contributed by atoms with Crippen LogP contribution in [0.3, 0.4) is 0 Å². The summed E-state index contributed by atoms with van der Waals surface area (Å²) < 4.78 is 0. The maximum absolute atomic E-state index is 11.9. The molecule has 0 radical (unpaired) electrons. The van der Waals surface area contributed by atoms with Crippen molar-refractivity contribution in [2.45, 2.75) is 38.6 Å². The number of nitrogens with one attached hydrogen (secondary N) is 1. The third kappa shape index (κ3) is 5.68. The Morgan fingerprint density at radius 3 is 2.76 bits per heavy atom. The van der Waals surface area contributed by atoms with Gasteiger partial charge in [0.1, 0.15) is 0 Å². The Hall–Kier alpha value is -1.68. The van der Waals surface area contributed by atoms with E-state index in [9.17, 15) is 4.79 Å². The number of likely N-dealkylation sites (tertiary alicyclic amines) is 1. The van der Waals surface area contributed by atoms with Crippen molar-refractivity contribution >= 4 is 12.0 Å². The van der Waals surface area contributed by atoms with Gasteiger partial charge in [0.25, 0.3) is 0 Å². The molecular formula is C17H25N3O. The Bertz CT molecular complexity index is 450. The molecule has 1 amide bonds. The molecule has 4 nitrogen and oxygen atoms in total. The number of amides is 1. The van der Waals surface area contributed by atoms with Crippen molar-refractivity contribution in [1.29, 1.82) is 0 Å². The quantitative estimate of drug-likeness (QED) is 0.818. The minimum Gasteiger partial charge on any atom is -0.350 e. The van der Waals surface area contributed by atoms with Gasteiger partial charge in [0, 0.05) is 37.6 Å². The van der Waals surface area contributed by atoms with Crippen LogP contribution in [0.2, 0.25) is 0 Å². The Morgan fingerprint density at radius 1 is 1.38 bits per heavy atom. The van der Waals surface area contributed by atoms with Crippen molar-refractivity contribution in [2.75, 3.05) is 19.6 Å². The first kappa shape index (κ1) is 15.7. The van der Waals surface area contributed by atoms with E-state index in [1.165, 1.54) is 19.4 Å². The number of hydrogen-bond acceptors (Lipinski definition) is 3. The first-order chi connectivity index (χ1) is 10.3. The van der Waals surface area contributed by atoms with Gasteiger partial charge >= 0.3 is 0 Å². The predicted molar refractivity (Wildman–Crippen MR) is 85.8 cm³/mol. The molecule has 4 heteroatoms. The molecule has 0 atom stereocenters. The fraction of sp³-hybridized carbons (Fsp3) is 0.529. The summed E-state index contributed by atoms with van der Waals surface area (Å²) in [5.41, 5.74) is 0.995. The van der Waals surface area contributed by atoms with Crippen LogP contribution in [0.25, 0.3) is 6.08 Å². The Balaban J connectivity index is 1.71. The highest BCUT2D eigenvalue weighted by atomic mass is 16.1. The van der Waals surface area contributed by atoms with Crippen LogP contribution in [0.4, 0.5) is 0 Å². The number of hydrogen-bond donors (Lipinski definition) is 1. The smallest absolute Gasteiger partial charge is 0.244 e. The lowest BCUT2D eigenvalue weighted by atomic mass is 10.0. The second-order valence-electron chi connectivity index (χ2n) is 5.59. The highest BCUT2D eigenvalue weighted by Gasteiger charge is 2.19. The average molecular weight is 287 g/mol. The molecule has 0 aliphatic carbocycles. The van der Waals surface area contributed by atoms with Crippen LogP contribution in [-0.4, -0.2) is 41.5 Å². The standard InChI is InChI=1S/C17H25N3O/c1-2-3-12-20-13-8-16(9-14-20)19-17(21)5-4-15-6-10-18-11-7-15/h4-7,10-11,16H,2-3,8-9,12-14H2,1H3,(H,19,21)/b5-4-. The van der Waals surface area contributed by atoms with E-state index in [1.807, 2.05) is 18.2 Å². The van der Waals surface area contributed by atoms with Crippen molar-refractivity contribution in [3.63, 3.8) is 0 Å². The Morgan fingerprint density at radius 2 is 2.10 bits per heavy atom. The van der Waals surface area contributed by atoms with Crippen LogP contribution >= 0.6 is 0 Å². The molecule has 1 aliphatic rings. The van der Waals surface area contributed by atoms with Gasteiger partial charge in [0.2, 0.25) is 5.91 Å². The van der Waals surface area contributed by atoms with Gasteiger partial charge in [-0.15, -0.1) is 0 Å². The van der Waals surface area contributed by atoms with E-state index < -0.39 is 0 Å². The summed E-state index contributed by atoms with van der Waals surface area (Å²) in [6.07, 6.45) is 11.5. The van der Waals surface area contributed by atoms with Gasteiger partial charge in [0.15, 0.2) is 0 Å². The van der Waals surface area contributed by atoms with Crippen LogP contribution in [-0.2, 0) is 4.79 Å². The molecule has 1 aliphatic heterocycles. The van der Waals surface area contributed by atoms with E-state index in [-0.39, 0.29) is 5.91 Å². The molecular weight excluding hydrogens is 262 g/mol. The molecule has 0 spiro atoms. The van der Waals surface area contributed by atoms with Crippen molar-refractivity contribution in [3.05, 3.63) is 36.2 Å². The van der Waals surface area contributed by atoms with Gasteiger partial charge in [-0.3, -0.25) is 9.78 Å². The van der Waals surface area contributed by atoms with Gasteiger partial charge in [-0.05, 0) is 49.6 Å². The van der Waals surface area contributed by atoms with E-state index in [1.54, 1.807) is 18.5 Å². The molecule has 1 aromatic rings. The second-order valence-corrected chi connectivity index (χ2v) is 5.59.